The Balaban J connectivity index is 1.39. The number of amides is 1. The molecule has 31 heavy (non-hydrogen) atoms. The van der Waals surface area contributed by atoms with Crippen LogP contribution in [-0.4, -0.2) is 37.3 Å². The van der Waals surface area contributed by atoms with Gasteiger partial charge in [-0.25, -0.2) is 8.42 Å². The standard InChI is InChI=1S/C23H26N2O5S/c1-2-29-18-4-3-5-20(13-18)31(27,28)19-8-6-16(7-9-19)14-25-23(26)21-12-17-10-11-24-15-22(17)30-21/h6-12,15,18,20H,2-5,13-14H2,1H3,(H,25,26). The zero-order valence-corrected chi connectivity index (χ0v) is 18.2. The number of nitrogens with one attached hydrogen (secondary N) is 1. The summed E-state index contributed by atoms with van der Waals surface area (Å²) in [5.41, 5.74) is 1.36. The number of furan rings is 1. The summed E-state index contributed by atoms with van der Waals surface area (Å²) < 4.78 is 37.3. The summed E-state index contributed by atoms with van der Waals surface area (Å²) in [6.45, 7) is 2.80. The fourth-order valence-corrected chi connectivity index (χ4v) is 5.87. The molecule has 1 amide bonds. The van der Waals surface area contributed by atoms with Crippen molar-refractivity contribution in [2.75, 3.05) is 6.61 Å². The van der Waals surface area contributed by atoms with Gasteiger partial charge in [-0.05, 0) is 62.4 Å². The van der Waals surface area contributed by atoms with E-state index in [1.807, 2.05) is 6.92 Å². The van der Waals surface area contributed by atoms with Crippen molar-refractivity contribution in [3.63, 3.8) is 0 Å². The third-order valence-corrected chi connectivity index (χ3v) is 7.91. The van der Waals surface area contributed by atoms with Gasteiger partial charge in [-0.2, -0.15) is 0 Å². The minimum atomic E-state index is -3.41. The lowest BCUT2D eigenvalue weighted by molar-refractivity contribution is 0.0377. The Kier molecular flexibility index (Phi) is 6.38. The molecule has 0 saturated heterocycles. The highest BCUT2D eigenvalue weighted by Gasteiger charge is 2.33. The van der Waals surface area contributed by atoms with Crippen molar-refractivity contribution in [1.82, 2.24) is 10.3 Å². The molecular weight excluding hydrogens is 416 g/mol. The molecule has 1 saturated carbocycles. The second kappa shape index (κ2) is 9.20. The predicted molar refractivity (Wildman–Crippen MR) is 116 cm³/mol. The van der Waals surface area contributed by atoms with Crippen molar-refractivity contribution < 1.29 is 22.4 Å². The molecule has 2 unspecified atom stereocenters. The minimum absolute atomic E-state index is 0.0158. The van der Waals surface area contributed by atoms with Gasteiger partial charge in [-0.15, -0.1) is 0 Å². The number of nitrogens with zero attached hydrogens (tertiary/aromatic N) is 1. The van der Waals surface area contributed by atoms with E-state index >= 15 is 0 Å². The molecule has 2 heterocycles. The molecule has 3 aromatic rings. The van der Waals surface area contributed by atoms with E-state index in [1.54, 1.807) is 48.8 Å². The van der Waals surface area contributed by atoms with Gasteiger partial charge < -0.3 is 14.5 Å². The number of benzene rings is 1. The molecule has 0 radical (unpaired) electrons. The zero-order valence-electron chi connectivity index (χ0n) is 17.4. The van der Waals surface area contributed by atoms with Crippen LogP contribution in [0.3, 0.4) is 0 Å². The third-order valence-electron chi connectivity index (χ3n) is 5.67. The summed E-state index contributed by atoms with van der Waals surface area (Å²) in [6.07, 6.45) is 6.20. The first-order chi connectivity index (χ1) is 15.0. The van der Waals surface area contributed by atoms with E-state index in [4.69, 9.17) is 9.15 Å². The molecule has 1 fully saturated rings. The maximum atomic E-state index is 13.0. The lowest BCUT2D eigenvalue weighted by Crippen LogP contribution is -2.32. The van der Waals surface area contributed by atoms with E-state index in [0.29, 0.717) is 29.9 Å². The number of ether oxygens (including phenoxy) is 1. The van der Waals surface area contributed by atoms with Crippen molar-refractivity contribution in [2.45, 2.75) is 55.4 Å². The second-order valence-electron chi connectivity index (χ2n) is 7.76. The first-order valence-electron chi connectivity index (χ1n) is 10.5. The van der Waals surface area contributed by atoms with Crippen molar-refractivity contribution >= 4 is 26.7 Å². The van der Waals surface area contributed by atoms with Crippen LogP contribution in [0.15, 0.2) is 58.1 Å². The zero-order chi connectivity index (χ0) is 21.8. The van der Waals surface area contributed by atoms with Gasteiger partial charge in [0.05, 0.1) is 22.4 Å². The Morgan fingerprint density at radius 2 is 2.03 bits per heavy atom. The summed E-state index contributed by atoms with van der Waals surface area (Å²) >= 11 is 0. The quantitative estimate of drug-likeness (QED) is 0.596. The van der Waals surface area contributed by atoms with E-state index < -0.39 is 15.1 Å². The van der Waals surface area contributed by atoms with Gasteiger partial charge in [-0.3, -0.25) is 9.78 Å². The molecule has 7 nitrogen and oxygen atoms in total. The lowest BCUT2D eigenvalue weighted by Gasteiger charge is -2.28. The van der Waals surface area contributed by atoms with Gasteiger partial charge >= 0.3 is 0 Å². The van der Waals surface area contributed by atoms with Crippen molar-refractivity contribution in [3.8, 4) is 0 Å². The Bertz CT molecular complexity index is 1120. The normalized spacial score (nSPS) is 19.4. The van der Waals surface area contributed by atoms with Crippen LogP contribution in [-0.2, 0) is 21.1 Å². The monoisotopic (exact) mass is 442 g/mol. The molecule has 0 aliphatic heterocycles. The molecule has 2 aromatic heterocycles. The van der Waals surface area contributed by atoms with Gasteiger partial charge in [-0.1, -0.05) is 12.1 Å². The van der Waals surface area contributed by atoms with Gasteiger partial charge in [0.25, 0.3) is 5.91 Å². The molecule has 8 heteroatoms. The number of pyridine rings is 1. The van der Waals surface area contributed by atoms with Gasteiger partial charge in [0.1, 0.15) is 0 Å². The molecule has 1 aliphatic carbocycles. The topological polar surface area (TPSA) is 98.5 Å². The van der Waals surface area contributed by atoms with Crippen LogP contribution in [0, 0.1) is 0 Å². The summed E-state index contributed by atoms with van der Waals surface area (Å²) in [5.74, 6) is -0.125. The van der Waals surface area contributed by atoms with Crippen LogP contribution >= 0.6 is 0 Å². The number of hydrogen-bond donors (Lipinski definition) is 1. The molecule has 0 spiro atoms. The van der Waals surface area contributed by atoms with E-state index in [-0.39, 0.29) is 24.3 Å². The van der Waals surface area contributed by atoms with E-state index in [9.17, 15) is 13.2 Å². The summed E-state index contributed by atoms with van der Waals surface area (Å²) in [5, 5.41) is 3.20. The molecule has 2 atom stereocenters. The molecule has 4 rings (SSSR count). The van der Waals surface area contributed by atoms with Crippen LogP contribution in [0.1, 0.15) is 48.7 Å². The SMILES string of the molecule is CCOC1CCCC(S(=O)(=O)c2ccc(CNC(=O)c3cc4ccncc4o3)cc2)C1. The van der Waals surface area contributed by atoms with Crippen LogP contribution < -0.4 is 5.32 Å². The van der Waals surface area contributed by atoms with E-state index in [2.05, 4.69) is 10.3 Å². The van der Waals surface area contributed by atoms with E-state index in [1.165, 1.54) is 0 Å². The third kappa shape index (κ3) is 4.80. The van der Waals surface area contributed by atoms with Crippen LogP contribution in [0.2, 0.25) is 0 Å². The molecule has 1 aromatic carbocycles. The number of fused-ring (bicyclic) bond motifs is 1. The van der Waals surface area contributed by atoms with Crippen LogP contribution in [0.5, 0.6) is 0 Å². The van der Waals surface area contributed by atoms with Gasteiger partial charge in [0.15, 0.2) is 21.2 Å². The Hall–Kier alpha value is -2.71. The molecule has 164 valence electrons. The fraction of sp³-hybridized carbons (Fsp3) is 0.391. The average Bonchev–Trinajstić information content (AvgIpc) is 3.23. The Labute approximate surface area is 181 Å². The first-order valence-corrected chi connectivity index (χ1v) is 12.1. The van der Waals surface area contributed by atoms with Crippen molar-refractivity contribution in [2.24, 2.45) is 0 Å². The summed E-state index contributed by atoms with van der Waals surface area (Å²) in [6, 6.07) is 10.2. The summed E-state index contributed by atoms with van der Waals surface area (Å²) in [7, 11) is -3.41. The first kappa shape index (κ1) is 21.5. The maximum Gasteiger partial charge on any atom is 0.287 e. The van der Waals surface area contributed by atoms with Crippen LogP contribution in [0.4, 0.5) is 0 Å². The maximum absolute atomic E-state index is 13.0. The molecular formula is C23H26N2O5S. The number of rotatable bonds is 7. The number of carbonyl (C=O) groups is 1. The smallest absolute Gasteiger partial charge is 0.287 e. The minimum Gasteiger partial charge on any atom is -0.449 e. The molecule has 0 bridgehead atoms. The highest BCUT2D eigenvalue weighted by atomic mass is 32.2. The number of aromatic nitrogens is 1. The average molecular weight is 443 g/mol. The highest BCUT2D eigenvalue weighted by molar-refractivity contribution is 7.92. The predicted octanol–water partition coefficient (Wildman–Crippen LogP) is 3.88. The van der Waals surface area contributed by atoms with Gasteiger partial charge in [0, 0.05) is 24.7 Å². The largest absolute Gasteiger partial charge is 0.449 e. The lowest BCUT2D eigenvalue weighted by atomic mass is 9.97. The number of carbonyl (C=O) groups excluding carboxylic acids is 1. The van der Waals surface area contributed by atoms with Crippen molar-refractivity contribution in [3.05, 3.63) is 60.1 Å². The van der Waals surface area contributed by atoms with Crippen LogP contribution in [0.25, 0.3) is 11.0 Å². The Morgan fingerprint density at radius 1 is 1.23 bits per heavy atom. The van der Waals surface area contributed by atoms with E-state index in [0.717, 1.165) is 23.8 Å². The van der Waals surface area contributed by atoms with Gasteiger partial charge in [0.2, 0.25) is 0 Å². The van der Waals surface area contributed by atoms with Crippen molar-refractivity contribution in [1.29, 1.82) is 0 Å². The Morgan fingerprint density at radius 3 is 2.77 bits per heavy atom. The number of sulfone groups is 1. The highest BCUT2D eigenvalue weighted by Crippen LogP contribution is 2.30. The molecule has 1 N–H and O–H groups in total. The fourth-order valence-electron chi connectivity index (χ4n) is 4.03. The molecule has 1 aliphatic rings. The number of hydrogen-bond acceptors (Lipinski definition) is 6. The summed E-state index contributed by atoms with van der Waals surface area (Å²) in [4.78, 5) is 16.7. The second-order valence-corrected chi connectivity index (χ2v) is 9.99.